The fourth-order valence-corrected chi connectivity index (χ4v) is 2.79. The average Bonchev–Trinajstić information content (AvgIpc) is 2.71. The van der Waals surface area contributed by atoms with Crippen molar-refractivity contribution in [3.63, 3.8) is 0 Å². The number of carbonyl (C=O) groups is 4. The molecule has 32 heavy (non-hydrogen) atoms. The number of aryl methyl sites for hydroxylation is 2. The molecule has 0 bridgehead atoms. The third-order valence-corrected chi connectivity index (χ3v) is 4.47. The minimum atomic E-state index is -1.05. The summed E-state index contributed by atoms with van der Waals surface area (Å²) in [7, 11) is 1.21. The van der Waals surface area contributed by atoms with Crippen molar-refractivity contribution in [2.45, 2.75) is 46.3 Å². The van der Waals surface area contributed by atoms with Crippen molar-refractivity contribution >= 4 is 23.9 Å². The van der Waals surface area contributed by atoms with E-state index in [-0.39, 0.29) is 19.6 Å². The summed E-state index contributed by atoms with van der Waals surface area (Å²) in [4.78, 5) is 50.8. The van der Waals surface area contributed by atoms with Gasteiger partial charge in [0.15, 0.2) is 0 Å². The Bertz CT molecular complexity index is 860. The lowest BCUT2D eigenvalue weighted by molar-refractivity contribution is -0.143. The molecule has 0 aromatic heterocycles. The fraction of sp³-hybridized carbons (Fsp3) is 0.478. The quantitative estimate of drug-likeness (QED) is 0.443. The molecule has 0 aliphatic heterocycles. The molecule has 9 heteroatoms. The predicted molar refractivity (Wildman–Crippen MR) is 120 cm³/mol. The van der Waals surface area contributed by atoms with Gasteiger partial charge >= 0.3 is 12.1 Å². The van der Waals surface area contributed by atoms with Gasteiger partial charge in [0.05, 0.1) is 7.11 Å². The zero-order valence-electron chi connectivity index (χ0n) is 19.6. The Kier molecular flexibility index (Phi) is 9.90. The molecule has 3 amide bonds. The molecule has 1 aromatic rings. The van der Waals surface area contributed by atoms with Gasteiger partial charge in [0.25, 0.3) is 0 Å². The fourth-order valence-electron chi connectivity index (χ4n) is 2.79. The average molecular weight is 448 g/mol. The molecule has 0 heterocycles. The first-order chi connectivity index (χ1) is 14.9. The summed E-state index contributed by atoms with van der Waals surface area (Å²) < 4.78 is 9.72. The maximum Gasteiger partial charge on any atom is 0.408 e. The summed E-state index contributed by atoms with van der Waals surface area (Å²) in [6.45, 7) is 11.9. The number of ether oxygens (including phenoxy) is 2. The number of hydrogen-bond donors (Lipinski definition) is 2. The first kappa shape index (κ1) is 26.7. The van der Waals surface area contributed by atoms with Crippen LogP contribution in [0.3, 0.4) is 0 Å². The highest BCUT2D eigenvalue weighted by Gasteiger charge is 2.31. The zero-order chi connectivity index (χ0) is 24.5. The van der Waals surface area contributed by atoms with Crippen molar-refractivity contribution in [2.24, 2.45) is 0 Å². The van der Waals surface area contributed by atoms with Crippen LogP contribution in [0.1, 0.15) is 43.5 Å². The van der Waals surface area contributed by atoms with Crippen molar-refractivity contribution in [2.75, 3.05) is 26.7 Å². The second kappa shape index (κ2) is 11.9. The summed E-state index contributed by atoms with van der Waals surface area (Å²) in [5.41, 5.74) is 1.80. The van der Waals surface area contributed by atoms with Gasteiger partial charge in [0, 0.05) is 6.54 Å². The van der Waals surface area contributed by atoms with Gasteiger partial charge in [-0.2, -0.15) is 0 Å². The Labute approximate surface area is 189 Å². The predicted octanol–water partition coefficient (Wildman–Crippen LogP) is 2.17. The Morgan fingerprint density at radius 1 is 1.09 bits per heavy atom. The maximum atomic E-state index is 13.0. The molecular weight excluding hydrogens is 414 g/mol. The standard InChI is InChI=1S/C23H33N3O6/c1-8-11-26(18(27)13-25-22(30)32-23(4,5)6)20(21(29)24-14-19(28)31-7)17-10-9-15(2)16(3)12-17/h8-10,12,20H,1,11,13-14H2,2-7H3,(H,24,29)(H,25,30). The van der Waals surface area contributed by atoms with E-state index in [4.69, 9.17) is 4.74 Å². The molecule has 0 aliphatic carbocycles. The minimum Gasteiger partial charge on any atom is -0.468 e. The molecule has 0 spiro atoms. The first-order valence-electron chi connectivity index (χ1n) is 10.2. The number of hydrogen-bond acceptors (Lipinski definition) is 6. The topological polar surface area (TPSA) is 114 Å². The number of nitrogens with one attached hydrogen (secondary N) is 2. The number of alkyl carbamates (subject to hydrolysis) is 1. The van der Waals surface area contributed by atoms with Gasteiger partial charge in [-0.1, -0.05) is 24.3 Å². The monoisotopic (exact) mass is 447 g/mol. The number of nitrogens with zero attached hydrogens (tertiary/aromatic N) is 1. The number of carbonyl (C=O) groups excluding carboxylic acids is 4. The van der Waals surface area contributed by atoms with Gasteiger partial charge in [-0.3, -0.25) is 14.4 Å². The van der Waals surface area contributed by atoms with E-state index >= 15 is 0 Å². The highest BCUT2D eigenvalue weighted by Crippen LogP contribution is 2.24. The molecule has 1 unspecified atom stereocenters. The van der Waals surface area contributed by atoms with Crippen LogP contribution in [0.15, 0.2) is 30.9 Å². The van der Waals surface area contributed by atoms with Gasteiger partial charge < -0.3 is 25.0 Å². The molecule has 0 saturated carbocycles. The van der Waals surface area contributed by atoms with E-state index in [9.17, 15) is 19.2 Å². The Morgan fingerprint density at radius 3 is 2.28 bits per heavy atom. The lowest BCUT2D eigenvalue weighted by Crippen LogP contribution is -2.48. The Balaban J connectivity index is 3.19. The van der Waals surface area contributed by atoms with Gasteiger partial charge in [-0.15, -0.1) is 6.58 Å². The van der Waals surface area contributed by atoms with Crippen molar-refractivity contribution in [1.29, 1.82) is 0 Å². The smallest absolute Gasteiger partial charge is 0.408 e. The van der Waals surface area contributed by atoms with Crippen LogP contribution in [0.5, 0.6) is 0 Å². The third-order valence-electron chi connectivity index (χ3n) is 4.47. The molecule has 1 rings (SSSR count). The van der Waals surface area contributed by atoms with Crippen LogP contribution >= 0.6 is 0 Å². The lowest BCUT2D eigenvalue weighted by atomic mass is 9.99. The Hall–Kier alpha value is -3.36. The summed E-state index contributed by atoms with van der Waals surface area (Å²) >= 11 is 0. The molecule has 0 radical (unpaired) electrons. The molecular formula is C23H33N3O6. The molecule has 0 fully saturated rings. The highest BCUT2D eigenvalue weighted by atomic mass is 16.6. The summed E-state index contributed by atoms with van der Waals surface area (Å²) in [6, 6.07) is 4.35. The van der Waals surface area contributed by atoms with E-state index in [0.717, 1.165) is 11.1 Å². The van der Waals surface area contributed by atoms with Crippen LogP contribution < -0.4 is 10.6 Å². The van der Waals surface area contributed by atoms with Crippen LogP contribution in [0.2, 0.25) is 0 Å². The van der Waals surface area contributed by atoms with E-state index < -0.39 is 35.5 Å². The van der Waals surface area contributed by atoms with Crippen molar-refractivity contribution in [1.82, 2.24) is 15.5 Å². The summed E-state index contributed by atoms with van der Waals surface area (Å²) in [5, 5.41) is 4.91. The second-order valence-electron chi connectivity index (χ2n) is 8.23. The van der Waals surface area contributed by atoms with Crippen molar-refractivity contribution in [3.8, 4) is 0 Å². The van der Waals surface area contributed by atoms with Gasteiger partial charge in [0.2, 0.25) is 11.8 Å². The minimum absolute atomic E-state index is 0.0397. The van der Waals surface area contributed by atoms with Crippen molar-refractivity contribution in [3.05, 3.63) is 47.5 Å². The molecule has 1 atom stereocenters. The number of benzene rings is 1. The Morgan fingerprint density at radius 2 is 1.75 bits per heavy atom. The van der Waals surface area contributed by atoms with Crippen LogP contribution in [-0.2, 0) is 23.9 Å². The molecule has 0 saturated heterocycles. The van der Waals surface area contributed by atoms with E-state index in [1.165, 1.54) is 18.1 Å². The summed E-state index contributed by atoms with van der Waals surface area (Å²) in [5.74, 6) is -1.70. The number of amides is 3. The normalized spacial score (nSPS) is 11.7. The molecule has 9 nitrogen and oxygen atoms in total. The number of rotatable bonds is 9. The number of esters is 1. The van der Waals surface area contributed by atoms with Crippen LogP contribution in [0, 0.1) is 13.8 Å². The van der Waals surface area contributed by atoms with Crippen LogP contribution in [0.25, 0.3) is 0 Å². The number of methoxy groups -OCH3 is 1. The van der Waals surface area contributed by atoms with E-state index in [1.54, 1.807) is 26.8 Å². The second-order valence-corrected chi connectivity index (χ2v) is 8.23. The lowest BCUT2D eigenvalue weighted by Gasteiger charge is -2.31. The van der Waals surface area contributed by atoms with Gasteiger partial charge in [0.1, 0.15) is 24.7 Å². The van der Waals surface area contributed by atoms with E-state index in [0.29, 0.717) is 5.56 Å². The van der Waals surface area contributed by atoms with E-state index in [2.05, 4.69) is 21.9 Å². The SMILES string of the molecule is C=CCN(C(=O)CNC(=O)OC(C)(C)C)C(C(=O)NCC(=O)OC)c1ccc(C)c(C)c1. The van der Waals surface area contributed by atoms with Crippen molar-refractivity contribution < 1.29 is 28.7 Å². The maximum absolute atomic E-state index is 13.0. The van der Waals surface area contributed by atoms with Gasteiger partial charge in [-0.05, 0) is 51.3 Å². The third kappa shape index (κ3) is 8.41. The van der Waals surface area contributed by atoms with Gasteiger partial charge in [-0.25, -0.2) is 4.79 Å². The summed E-state index contributed by atoms with van der Waals surface area (Å²) in [6.07, 6.45) is 0.731. The highest BCUT2D eigenvalue weighted by molar-refractivity contribution is 5.92. The molecule has 1 aromatic carbocycles. The van der Waals surface area contributed by atoms with E-state index in [1.807, 2.05) is 26.0 Å². The first-order valence-corrected chi connectivity index (χ1v) is 10.2. The van der Waals surface area contributed by atoms with Crippen LogP contribution in [0.4, 0.5) is 4.79 Å². The molecule has 176 valence electrons. The largest absolute Gasteiger partial charge is 0.468 e. The molecule has 0 aliphatic rings. The van der Waals surface area contributed by atoms with Crippen LogP contribution in [-0.4, -0.2) is 61.1 Å². The molecule has 2 N–H and O–H groups in total. The zero-order valence-corrected chi connectivity index (χ0v) is 19.6.